The highest BCUT2D eigenvalue weighted by Gasteiger charge is 2.41. The molecule has 0 amide bonds. The number of hydrogen-bond donors (Lipinski definition) is 1. The van der Waals surface area contributed by atoms with Crippen LogP contribution in [0.4, 0.5) is 0 Å². The Bertz CT molecular complexity index is 215. The molecule has 3 nitrogen and oxygen atoms in total. The van der Waals surface area contributed by atoms with Crippen LogP contribution in [-0.2, 0) is 4.79 Å². The van der Waals surface area contributed by atoms with Gasteiger partial charge in [0.1, 0.15) is 0 Å². The topological polar surface area (TPSA) is 40.5 Å². The Morgan fingerprint density at radius 3 is 2.57 bits per heavy atom. The molecule has 0 aromatic rings. The van der Waals surface area contributed by atoms with Crippen LogP contribution in [0.2, 0.25) is 0 Å². The lowest BCUT2D eigenvalue weighted by Gasteiger charge is -2.47. The van der Waals surface area contributed by atoms with Crippen LogP contribution >= 0.6 is 0 Å². The summed E-state index contributed by atoms with van der Waals surface area (Å²) in [4.78, 5) is 13.0. The van der Waals surface area contributed by atoms with E-state index in [2.05, 4.69) is 11.8 Å². The number of rotatable bonds is 3. The molecule has 0 aliphatic heterocycles. The number of nitrogens with zero attached hydrogens (tertiary/aromatic N) is 1. The highest BCUT2D eigenvalue weighted by molar-refractivity contribution is 5.68. The van der Waals surface area contributed by atoms with E-state index in [1.165, 1.54) is 6.42 Å². The van der Waals surface area contributed by atoms with Gasteiger partial charge in [-0.25, -0.2) is 0 Å². The summed E-state index contributed by atoms with van der Waals surface area (Å²) in [5, 5.41) is 8.97. The van der Waals surface area contributed by atoms with Crippen LogP contribution in [0.3, 0.4) is 0 Å². The first-order valence-corrected chi connectivity index (χ1v) is 5.38. The van der Waals surface area contributed by atoms with Gasteiger partial charge in [0.25, 0.3) is 0 Å². The number of carboxylic acids is 1. The van der Waals surface area contributed by atoms with Gasteiger partial charge < -0.3 is 10.0 Å². The Morgan fingerprint density at radius 2 is 2.14 bits per heavy atom. The van der Waals surface area contributed by atoms with Crippen LogP contribution in [0.15, 0.2) is 0 Å². The standard InChI is InChI=1S/C11H21NO2/c1-9-6-4-5-7-11(9,12(2)3)8-10(13)14/h9H,4-8H2,1-3H3,(H,13,14). The number of carboxylic acid groups (broad SMARTS) is 1. The summed E-state index contributed by atoms with van der Waals surface area (Å²) in [6.45, 7) is 2.18. The lowest BCUT2D eigenvalue weighted by molar-refractivity contribution is -0.142. The molecule has 0 aromatic carbocycles. The van der Waals surface area contributed by atoms with Crippen molar-refractivity contribution in [1.29, 1.82) is 0 Å². The van der Waals surface area contributed by atoms with Crippen LogP contribution in [0, 0.1) is 5.92 Å². The summed E-state index contributed by atoms with van der Waals surface area (Å²) < 4.78 is 0. The Balaban J connectivity index is 2.83. The van der Waals surface area contributed by atoms with Crippen molar-refractivity contribution in [2.24, 2.45) is 5.92 Å². The van der Waals surface area contributed by atoms with Gasteiger partial charge in [0, 0.05) is 5.54 Å². The largest absolute Gasteiger partial charge is 0.481 e. The molecule has 1 rings (SSSR count). The van der Waals surface area contributed by atoms with Gasteiger partial charge in [-0.1, -0.05) is 19.8 Å². The van der Waals surface area contributed by atoms with Crippen molar-refractivity contribution in [1.82, 2.24) is 4.90 Å². The normalized spacial score (nSPS) is 33.3. The molecule has 0 saturated heterocycles. The summed E-state index contributed by atoms with van der Waals surface area (Å²) in [6.07, 6.45) is 4.87. The molecule has 1 saturated carbocycles. The van der Waals surface area contributed by atoms with E-state index in [-0.39, 0.29) is 12.0 Å². The molecule has 2 atom stereocenters. The Hall–Kier alpha value is -0.570. The van der Waals surface area contributed by atoms with E-state index in [4.69, 9.17) is 5.11 Å². The van der Waals surface area contributed by atoms with Gasteiger partial charge in [0.15, 0.2) is 0 Å². The molecule has 0 aromatic heterocycles. The fraction of sp³-hybridized carbons (Fsp3) is 0.909. The van der Waals surface area contributed by atoms with E-state index in [0.717, 1.165) is 19.3 Å². The average Bonchev–Trinajstić information content (AvgIpc) is 2.08. The summed E-state index contributed by atoms with van der Waals surface area (Å²) in [7, 11) is 4.01. The molecule has 3 heteroatoms. The molecular weight excluding hydrogens is 178 g/mol. The van der Waals surface area contributed by atoms with Gasteiger partial charge in [-0.2, -0.15) is 0 Å². The predicted molar refractivity (Wildman–Crippen MR) is 56.3 cm³/mol. The van der Waals surface area contributed by atoms with Gasteiger partial charge >= 0.3 is 5.97 Å². The van der Waals surface area contributed by atoms with Gasteiger partial charge in [0.2, 0.25) is 0 Å². The predicted octanol–water partition coefficient (Wildman–Crippen LogP) is 1.97. The molecular formula is C11H21NO2. The second-order valence-electron chi connectivity index (χ2n) is 4.72. The van der Waals surface area contributed by atoms with E-state index in [1.807, 2.05) is 14.1 Å². The van der Waals surface area contributed by atoms with E-state index < -0.39 is 5.97 Å². The summed E-state index contributed by atoms with van der Waals surface area (Å²) in [6, 6.07) is 0. The van der Waals surface area contributed by atoms with E-state index in [9.17, 15) is 4.79 Å². The first-order chi connectivity index (χ1) is 6.49. The van der Waals surface area contributed by atoms with Gasteiger partial charge in [-0.05, 0) is 32.9 Å². The third-order valence-electron chi connectivity index (χ3n) is 3.76. The molecule has 0 heterocycles. The summed E-state index contributed by atoms with van der Waals surface area (Å²) in [5.41, 5.74) is -0.107. The number of hydrogen-bond acceptors (Lipinski definition) is 2. The van der Waals surface area contributed by atoms with Crippen molar-refractivity contribution < 1.29 is 9.90 Å². The summed E-state index contributed by atoms with van der Waals surface area (Å²) >= 11 is 0. The van der Waals surface area contributed by atoms with Gasteiger partial charge in [-0.3, -0.25) is 4.79 Å². The van der Waals surface area contributed by atoms with Gasteiger partial charge in [0.05, 0.1) is 6.42 Å². The second kappa shape index (κ2) is 4.30. The van der Waals surface area contributed by atoms with Crippen molar-refractivity contribution >= 4 is 5.97 Å². The highest BCUT2D eigenvalue weighted by atomic mass is 16.4. The number of aliphatic carboxylic acids is 1. The third kappa shape index (κ3) is 2.08. The van der Waals surface area contributed by atoms with Crippen molar-refractivity contribution in [3.63, 3.8) is 0 Å². The summed E-state index contributed by atoms with van der Waals surface area (Å²) in [5.74, 6) is -0.185. The highest BCUT2D eigenvalue weighted by Crippen LogP contribution is 2.39. The minimum absolute atomic E-state index is 0.107. The lowest BCUT2D eigenvalue weighted by Crippen LogP contribution is -2.52. The fourth-order valence-corrected chi connectivity index (χ4v) is 2.74. The lowest BCUT2D eigenvalue weighted by atomic mass is 9.71. The Morgan fingerprint density at radius 1 is 1.50 bits per heavy atom. The first kappa shape index (κ1) is 11.5. The quantitative estimate of drug-likeness (QED) is 0.755. The zero-order valence-electron chi connectivity index (χ0n) is 9.42. The van der Waals surface area contributed by atoms with Crippen LogP contribution < -0.4 is 0 Å². The molecule has 1 aliphatic rings. The maximum Gasteiger partial charge on any atom is 0.305 e. The van der Waals surface area contributed by atoms with Crippen molar-refractivity contribution in [2.75, 3.05) is 14.1 Å². The zero-order chi connectivity index (χ0) is 10.8. The fourth-order valence-electron chi connectivity index (χ4n) is 2.74. The maximum atomic E-state index is 10.9. The maximum absolute atomic E-state index is 10.9. The van der Waals surface area contributed by atoms with Crippen LogP contribution in [0.1, 0.15) is 39.0 Å². The van der Waals surface area contributed by atoms with E-state index in [0.29, 0.717) is 5.92 Å². The molecule has 1 N–H and O–H groups in total. The minimum atomic E-state index is -0.674. The average molecular weight is 199 g/mol. The third-order valence-corrected chi connectivity index (χ3v) is 3.76. The Kier molecular flexibility index (Phi) is 3.53. The van der Waals surface area contributed by atoms with Crippen molar-refractivity contribution in [3.05, 3.63) is 0 Å². The number of carbonyl (C=O) groups is 1. The van der Waals surface area contributed by atoms with E-state index >= 15 is 0 Å². The molecule has 14 heavy (non-hydrogen) atoms. The first-order valence-electron chi connectivity index (χ1n) is 5.38. The van der Waals surface area contributed by atoms with Crippen LogP contribution in [0.5, 0.6) is 0 Å². The smallest absolute Gasteiger partial charge is 0.305 e. The molecule has 0 radical (unpaired) electrons. The SMILES string of the molecule is CC1CCCCC1(CC(=O)O)N(C)C. The zero-order valence-corrected chi connectivity index (χ0v) is 9.42. The monoisotopic (exact) mass is 199 g/mol. The second-order valence-corrected chi connectivity index (χ2v) is 4.72. The molecule has 1 aliphatic carbocycles. The molecule has 0 spiro atoms. The van der Waals surface area contributed by atoms with Crippen LogP contribution in [0.25, 0.3) is 0 Å². The van der Waals surface area contributed by atoms with Crippen molar-refractivity contribution in [2.45, 2.75) is 44.6 Å². The Labute approximate surface area is 86.1 Å². The molecule has 82 valence electrons. The molecule has 2 unspecified atom stereocenters. The molecule has 0 bridgehead atoms. The van der Waals surface area contributed by atoms with E-state index in [1.54, 1.807) is 0 Å². The van der Waals surface area contributed by atoms with Gasteiger partial charge in [-0.15, -0.1) is 0 Å². The van der Waals surface area contributed by atoms with Crippen molar-refractivity contribution in [3.8, 4) is 0 Å². The molecule has 1 fully saturated rings. The minimum Gasteiger partial charge on any atom is -0.481 e. The van der Waals surface area contributed by atoms with Crippen LogP contribution in [-0.4, -0.2) is 35.6 Å².